The Bertz CT molecular complexity index is 428. The predicted octanol–water partition coefficient (Wildman–Crippen LogP) is 2.99. The lowest BCUT2D eigenvalue weighted by Gasteiger charge is -2.29. The summed E-state index contributed by atoms with van der Waals surface area (Å²) < 4.78 is 5.47. The van der Waals surface area contributed by atoms with E-state index in [2.05, 4.69) is 24.0 Å². The summed E-state index contributed by atoms with van der Waals surface area (Å²) in [5.41, 5.74) is 5.84. The minimum absolute atomic E-state index is 0.0282. The zero-order chi connectivity index (χ0) is 13.5. The summed E-state index contributed by atoms with van der Waals surface area (Å²) >= 11 is 0. The van der Waals surface area contributed by atoms with Crippen molar-refractivity contribution in [1.82, 2.24) is 10.1 Å². The smallest absolute Gasteiger partial charge is 0.234 e. The summed E-state index contributed by atoms with van der Waals surface area (Å²) in [6.45, 7) is 5.29. The van der Waals surface area contributed by atoms with Crippen LogP contribution in [0.15, 0.2) is 4.52 Å². The van der Waals surface area contributed by atoms with Crippen LogP contribution >= 0.6 is 0 Å². The van der Waals surface area contributed by atoms with Gasteiger partial charge in [-0.25, -0.2) is 0 Å². The first-order chi connectivity index (χ1) is 9.14. The SMILES string of the molecule is CC(C)C1CCC(c2noc(C3(CN)CC3)n2)CC1. The van der Waals surface area contributed by atoms with Crippen LogP contribution in [0.4, 0.5) is 0 Å². The molecule has 19 heavy (non-hydrogen) atoms. The van der Waals surface area contributed by atoms with E-state index in [1.807, 2.05) is 0 Å². The molecule has 4 heteroatoms. The van der Waals surface area contributed by atoms with Gasteiger partial charge >= 0.3 is 0 Å². The summed E-state index contributed by atoms with van der Waals surface area (Å²) in [6, 6.07) is 0. The third kappa shape index (κ3) is 2.42. The van der Waals surface area contributed by atoms with Gasteiger partial charge in [0.2, 0.25) is 5.89 Å². The highest BCUT2D eigenvalue weighted by Crippen LogP contribution is 2.47. The number of hydrogen-bond donors (Lipinski definition) is 1. The lowest BCUT2D eigenvalue weighted by molar-refractivity contribution is 0.251. The molecule has 1 heterocycles. The van der Waals surface area contributed by atoms with Crippen molar-refractivity contribution in [2.75, 3.05) is 6.54 Å². The Hall–Kier alpha value is -0.900. The Kier molecular flexibility index (Phi) is 3.37. The molecule has 0 aromatic carbocycles. The average molecular weight is 263 g/mol. The maximum absolute atomic E-state index is 5.81. The standard InChI is InChI=1S/C15H25N3O/c1-10(2)11-3-5-12(6-4-11)13-17-14(19-18-13)15(9-16)7-8-15/h10-12H,3-9,16H2,1-2H3. The lowest BCUT2D eigenvalue weighted by Crippen LogP contribution is -2.21. The highest BCUT2D eigenvalue weighted by Gasteiger charge is 2.48. The molecule has 1 aromatic rings. The van der Waals surface area contributed by atoms with Crippen LogP contribution in [0.3, 0.4) is 0 Å². The van der Waals surface area contributed by atoms with Gasteiger partial charge in [0.1, 0.15) is 0 Å². The van der Waals surface area contributed by atoms with Crippen molar-refractivity contribution in [3.63, 3.8) is 0 Å². The molecule has 2 aliphatic carbocycles. The molecule has 2 fully saturated rings. The van der Waals surface area contributed by atoms with Crippen LogP contribution in [0.1, 0.15) is 70.0 Å². The van der Waals surface area contributed by atoms with E-state index in [0.29, 0.717) is 12.5 Å². The fourth-order valence-electron chi connectivity index (χ4n) is 3.32. The maximum Gasteiger partial charge on any atom is 0.234 e. The van der Waals surface area contributed by atoms with Gasteiger partial charge in [-0.15, -0.1) is 0 Å². The molecule has 0 atom stereocenters. The van der Waals surface area contributed by atoms with Crippen LogP contribution in [0, 0.1) is 11.8 Å². The second-order valence-electron chi connectivity index (χ2n) is 6.80. The minimum Gasteiger partial charge on any atom is -0.339 e. The molecule has 4 nitrogen and oxygen atoms in total. The monoisotopic (exact) mass is 263 g/mol. The van der Waals surface area contributed by atoms with E-state index in [4.69, 9.17) is 10.3 Å². The minimum atomic E-state index is 0.0282. The second-order valence-corrected chi connectivity index (χ2v) is 6.80. The first-order valence-electron chi connectivity index (χ1n) is 7.69. The Labute approximate surface area is 115 Å². The highest BCUT2D eigenvalue weighted by atomic mass is 16.5. The Balaban J connectivity index is 1.65. The summed E-state index contributed by atoms with van der Waals surface area (Å²) in [6.07, 6.45) is 7.22. The van der Waals surface area contributed by atoms with Gasteiger partial charge in [-0.2, -0.15) is 4.98 Å². The summed E-state index contributed by atoms with van der Waals surface area (Å²) in [5.74, 6) is 3.89. The zero-order valence-corrected chi connectivity index (χ0v) is 12.1. The van der Waals surface area contributed by atoms with Gasteiger partial charge in [-0.05, 0) is 50.4 Å². The number of nitrogens with zero attached hydrogens (tertiary/aromatic N) is 2. The van der Waals surface area contributed by atoms with Crippen LogP contribution in [0.25, 0.3) is 0 Å². The van der Waals surface area contributed by atoms with Gasteiger partial charge in [0, 0.05) is 12.5 Å². The molecular weight excluding hydrogens is 238 g/mol. The lowest BCUT2D eigenvalue weighted by atomic mass is 9.77. The van der Waals surface area contributed by atoms with Gasteiger partial charge < -0.3 is 10.3 Å². The van der Waals surface area contributed by atoms with E-state index < -0.39 is 0 Å². The van der Waals surface area contributed by atoms with Crippen LogP contribution in [-0.4, -0.2) is 16.7 Å². The summed E-state index contributed by atoms with van der Waals surface area (Å²) in [7, 11) is 0. The van der Waals surface area contributed by atoms with E-state index in [-0.39, 0.29) is 5.41 Å². The molecule has 0 unspecified atom stereocenters. The normalized spacial score (nSPS) is 29.7. The van der Waals surface area contributed by atoms with Crippen LogP contribution in [0.2, 0.25) is 0 Å². The van der Waals surface area contributed by atoms with E-state index in [0.717, 1.165) is 36.4 Å². The molecule has 0 bridgehead atoms. The quantitative estimate of drug-likeness (QED) is 0.907. The van der Waals surface area contributed by atoms with Gasteiger partial charge in [0.15, 0.2) is 5.82 Å². The molecule has 106 valence electrons. The van der Waals surface area contributed by atoms with Crippen molar-refractivity contribution in [3.8, 4) is 0 Å². The first-order valence-corrected chi connectivity index (χ1v) is 7.69. The molecule has 0 aliphatic heterocycles. The van der Waals surface area contributed by atoms with Crippen LogP contribution in [0.5, 0.6) is 0 Å². The molecule has 3 rings (SSSR count). The van der Waals surface area contributed by atoms with Gasteiger partial charge in [0.25, 0.3) is 0 Å². The summed E-state index contributed by atoms with van der Waals surface area (Å²) in [5, 5.41) is 4.22. The third-order valence-corrected chi connectivity index (χ3v) is 5.22. The van der Waals surface area contributed by atoms with Gasteiger partial charge in [-0.3, -0.25) is 0 Å². The predicted molar refractivity (Wildman–Crippen MR) is 73.8 cm³/mol. The molecule has 1 aromatic heterocycles. The Morgan fingerprint density at radius 1 is 1.26 bits per heavy atom. The first kappa shape index (κ1) is 13.1. The van der Waals surface area contributed by atoms with Crippen LogP contribution in [-0.2, 0) is 5.41 Å². The molecule has 2 N–H and O–H groups in total. The van der Waals surface area contributed by atoms with Crippen LogP contribution < -0.4 is 5.73 Å². The van der Waals surface area contributed by atoms with Crippen molar-refractivity contribution >= 4 is 0 Å². The maximum atomic E-state index is 5.81. The Morgan fingerprint density at radius 3 is 2.47 bits per heavy atom. The van der Waals surface area contributed by atoms with E-state index in [9.17, 15) is 0 Å². The molecule has 0 saturated heterocycles. The largest absolute Gasteiger partial charge is 0.339 e. The highest BCUT2D eigenvalue weighted by molar-refractivity contribution is 5.17. The third-order valence-electron chi connectivity index (χ3n) is 5.22. The van der Waals surface area contributed by atoms with E-state index >= 15 is 0 Å². The Morgan fingerprint density at radius 2 is 1.95 bits per heavy atom. The van der Waals surface area contributed by atoms with E-state index in [1.54, 1.807) is 0 Å². The number of nitrogens with two attached hydrogens (primary N) is 1. The van der Waals surface area contributed by atoms with Crippen molar-refractivity contribution in [3.05, 3.63) is 11.7 Å². The van der Waals surface area contributed by atoms with Crippen molar-refractivity contribution in [1.29, 1.82) is 0 Å². The van der Waals surface area contributed by atoms with Crippen molar-refractivity contribution in [2.45, 2.75) is 63.7 Å². The molecule has 0 radical (unpaired) electrons. The number of rotatable bonds is 4. The van der Waals surface area contributed by atoms with Crippen molar-refractivity contribution < 1.29 is 4.52 Å². The molecular formula is C15H25N3O. The van der Waals surface area contributed by atoms with Crippen molar-refractivity contribution in [2.24, 2.45) is 17.6 Å². The topological polar surface area (TPSA) is 64.9 Å². The number of hydrogen-bond acceptors (Lipinski definition) is 4. The molecule has 2 aliphatic rings. The summed E-state index contributed by atoms with van der Waals surface area (Å²) in [4.78, 5) is 4.65. The average Bonchev–Trinajstić information content (AvgIpc) is 3.08. The zero-order valence-electron chi connectivity index (χ0n) is 12.1. The molecule has 2 saturated carbocycles. The number of aromatic nitrogens is 2. The second kappa shape index (κ2) is 4.89. The fraction of sp³-hybridized carbons (Fsp3) is 0.867. The van der Waals surface area contributed by atoms with Gasteiger partial charge in [-0.1, -0.05) is 19.0 Å². The van der Waals surface area contributed by atoms with E-state index in [1.165, 1.54) is 25.7 Å². The van der Waals surface area contributed by atoms with Gasteiger partial charge in [0.05, 0.1) is 5.41 Å². The molecule has 0 amide bonds. The molecule has 0 spiro atoms. The fourth-order valence-corrected chi connectivity index (χ4v) is 3.32.